The van der Waals surface area contributed by atoms with Gasteiger partial charge in [-0.3, -0.25) is 9.59 Å². The van der Waals surface area contributed by atoms with E-state index in [1.807, 2.05) is 20.8 Å². The third kappa shape index (κ3) is 3.81. The van der Waals surface area contributed by atoms with Gasteiger partial charge in [0.05, 0.1) is 0 Å². The first-order valence-corrected chi connectivity index (χ1v) is 9.73. The van der Waals surface area contributed by atoms with Gasteiger partial charge < -0.3 is 20.7 Å². The van der Waals surface area contributed by atoms with Crippen LogP contribution in [0.5, 0.6) is 0 Å². The lowest BCUT2D eigenvalue weighted by molar-refractivity contribution is -0.141. The predicted molar refractivity (Wildman–Crippen MR) is 96.0 cm³/mol. The summed E-state index contributed by atoms with van der Waals surface area (Å²) in [6.07, 6.45) is 5.19. The number of carbonyl (C=O) groups excluding carboxylic acids is 3. The first-order chi connectivity index (χ1) is 12.2. The van der Waals surface area contributed by atoms with E-state index in [-0.39, 0.29) is 12.0 Å². The SMILES string of the molecule is CC(C)(C)[C@H](NC(=O)OC1CC2CCC1C2)C(=O)N1CCC[C@H]1C(N)=O. The molecule has 7 nitrogen and oxygen atoms in total. The Hall–Kier alpha value is -1.79. The van der Waals surface area contributed by atoms with Crippen molar-refractivity contribution in [3.63, 3.8) is 0 Å². The zero-order chi connectivity index (χ0) is 19.1. The van der Waals surface area contributed by atoms with Crippen LogP contribution < -0.4 is 11.1 Å². The van der Waals surface area contributed by atoms with Crippen LogP contribution in [-0.4, -0.2) is 47.5 Å². The summed E-state index contributed by atoms with van der Waals surface area (Å²) in [5, 5.41) is 2.77. The van der Waals surface area contributed by atoms with Crippen molar-refractivity contribution in [3.8, 4) is 0 Å². The molecular formula is C19H31N3O4. The third-order valence-corrected chi connectivity index (χ3v) is 6.17. The van der Waals surface area contributed by atoms with Gasteiger partial charge in [-0.15, -0.1) is 0 Å². The lowest BCUT2D eigenvalue weighted by Crippen LogP contribution is -2.57. The molecule has 146 valence electrons. The van der Waals surface area contributed by atoms with Crippen LogP contribution in [0.25, 0.3) is 0 Å². The number of primary amides is 1. The smallest absolute Gasteiger partial charge is 0.408 e. The number of rotatable bonds is 4. The maximum atomic E-state index is 13.1. The zero-order valence-corrected chi connectivity index (χ0v) is 16.0. The summed E-state index contributed by atoms with van der Waals surface area (Å²) in [5.41, 5.74) is 4.93. The molecule has 1 heterocycles. The maximum absolute atomic E-state index is 13.1. The van der Waals surface area contributed by atoms with Gasteiger partial charge in [-0.2, -0.15) is 0 Å². The number of nitrogens with zero attached hydrogens (tertiary/aromatic N) is 1. The summed E-state index contributed by atoms with van der Waals surface area (Å²) in [5.74, 6) is 0.392. The molecule has 3 aliphatic rings. The molecule has 3 fully saturated rings. The lowest BCUT2D eigenvalue weighted by Gasteiger charge is -2.35. The minimum atomic E-state index is -0.756. The van der Waals surface area contributed by atoms with Gasteiger partial charge in [-0.05, 0) is 55.8 Å². The van der Waals surface area contributed by atoms with Crippen molar-refractivity contribution < 1.29 is 19.1 Å². The van der Waals surface area contributed by atoms with Crippen molar-refractivity contribution >= 4 is 17.9 Å². The summed E-state index contributed by atoms with van der Waals surface area (Å²) in [7, 11) is 0. The monoisotopic (exact) mass is 365 g/mol. The second-order valence-corrected chi connectivity index (χ2v) is 9.15. The fourth-order valence-electron chi connectivity index (χ4n) is 4.76. The summed E-state index contributed by atoms with van der Waals surface area (Å²) >= 11 is 0. The summed E-state index contributed by atoms with van der Waals surface area (Å²) in [6, 6.07) is -1.34. The Kier molecular flexibility index (Phi) is 5.17. The highest BCUT2D eigenvalue weighted by Crippen LogP contribution is 2.45. The van der Waals surface area contributed by atoms with Crippen LogP contribution in [0.3, 0.4) is 0 Å². The van der Waals surface area contributed by atoms with Crippen LogP contribution in [-0.2, 0) is 14.3 Å². The van der Waals surface area contributed by atoms with E-state index in [0.29, 0.717) is 24.8 Å². The summed E-state index contributed by atoms with van der Waals surface area (Å²) in [4.78, 5) is 38.7. The first-order valence-electron chi connectivity index (χ1n) is 9.73. The van der Waals surface area contributed by atoms with Crippen molar-refractivity contribution in [2.45, 2.75) is 77.5 Å². The van der Waals surface area contributed by atoms with Crippen LogP contribution >= 0.6 is 0 Å². The van der Waals surface area contributed by atoms with Gasteiger partial charge in [0.1, 0.15) is 18.2 Å². The molecule has 0 aromatic heterocycles. The van der Waals surface area contributed by atoms with Gasteiger partial charge in [0, 0.05) is 6.54 Å². The van der Waals surface area contributed by atoms with Gasteiger partial charge >= 0.3 is 6.09 Å². The van der Waals surface area contributed by atoms with Crippen LogP contribution in [0, 0.1) is 17.3 Å². The van der Waals surface area contributed by atoms with Gasteiger partial charge in [-0.1, -0.05) is 20.8 Å². The average molecular weight is 365 g/mol. The maximum Gasteiger partial charge on any atom is 0.408 e. The zero-order valence-electron chi connectivity index (χ0n) is 16.0. The summed E-state index contributed by atoms with van der Waals surface area (Å²) < 4.78 is 5.65. The molecule has 3 amide bonds. The number of alkyl carbamates (subject to hydrolysis) is 1. The number of nitrogens with one attached hydrogen (secondary N) is 1. The fraction of sp³-hybridized carbons (Fsp3) is 0.842. The Morgan fingerprint density at radius 1 is 1.15 bits per heavy atom. The Balaban J connectivity index is 1.65. The standard InChI is InChI=1S/C19H31N3O4/c1-19(2,3)15(17(24)22-8-4-5-13(22)16(20)23)21-18(25)26-14-10-11-6-7-12(14)9-11/h11-15H,4-10H2,1-3H3,(H2,20,23)(H,21,25)/t11?,12?,13-,14?,15+/m0/s1. The Bertz CT molecular complexity index is 586. The molecule has 0 radical (unpaired) electrons. The number of nitrogens with two attached hydrogens (primary N) is 1. The summed E-state index contributed by atoms with van der Waals surface area (Å²) in [6.45, 7) is 6.16. The molecule has 2 aliphatic carbocycles. The molecule has 0 aromatic rings. The minimum Gasteiger partial charge on any atom is -0.446 e. The number of ether oxygens (including phenoxy) is 1. The second kappa shape index (κ2) is 7.08. The molecule has 26 heavy (non-hydrogen) atoms. The Labute approximate surface area is 155 Å². The van der Waals surface area contributed by atoms with Gasteiger partial charge in [0.15, 0.2) is 0 Å². The van der Waals surface area contributed by atoms with Crippen molar-refractivity contribution in [3.05, 3.63) is 0 Å². The normalized spacial score (nSPS) is 31.7. The van der Waals surface area contributed by atoms with E-state index in [9.17, 15) is 14.4 Å². The lowest BCUT2D eigenvalue weighted by atomic mass is 9.85. The molecule has 0 aromatic carbocycles. The molecule has 5 atom stereocenters. The van der Waals surface area contributed by atoms with Crippen LogP contribution in [0.15, 0.2) is 0 Å². The molecule has 2 saturated carbocycles. The quantitative estimate of drug-likeness (QED) is 0.793. The number of fused-ring (bicyclic) bond motifs is 2. The van der Waals surface area contributed by atoms with Crippen molar-refractivity contribution in [2.75, 3.05) is 6.54 Å². The van der Waals surface area contributed by atoms with E-state index in [2.05, 4.69) is 5.32 Å². The largest absolute Gasteiger partial charge is 0.446 e. The predicted octanol–water partition coefficient (Wildman–Crippen LogP) is 1.79. The minimum absolute atomic E-state index is 0.0328. The van der Waals surface area contributed by atoms with Crippen molar-refractivity contribution in [1.29, 1.82) is 0 Å². The molecular weight excluding hydrogens is 334 g/mol. The van der Waals surface area contributed by atoms with E-state index in [1.165, 1.54) is 11.3 Å². The van der Waals surface area contributed by atoms with E-state index >= 15 is 0 Å². The molecule has 1 aliphatic heterocycles. The molecule has 0 spiro atoms. The van der Waals surface area contributed by atoms with Crippen LogP contribution in [0.4, 0.5) is 4.79 Å². The highest BCUT2D eigenvalue weighted by atomic mass is 16.6. The number of hydrogen-bond acceptors (Lipinski definition) is 4. The van der Waals surface area contributed by atoms with Gasteiger partial charge in [0.2, 0.25) is 11.8 Å². The van der Waals surface area contributed by atoms with E-state index in [0.717, 1.165) is 25.7 Å². The van der Waals surface area contributed by atoms with Crippen LogP contribution in [0.1, 0.15) is 59.3 Å². The van der Waals surface area contributed by atoms with E-state index < -0.39 is 29.5 Å². The highest BCUT2D eigenvalue weighted by molar-refractivity contribution is 5.91. The van der Waals surface area contributed by atoms with Crippen LogP contribution in [0.2, 0.25) is 0 Å². The Morgan fingerprint density at radius 3 is 2.42 bits per heavy atom. The Morgan fingerprint density at radius 2 is 1.88 bits per heavy atom. The van der Waals surface area contributed by atoms with Gasteiger partial charge in [-0.25, -0.2) is 4.79 Å². The number of likely N-dealkylation sites (tertiary alicyclic amines) is 1. The average Bonchev–Trinajstić information content (AvgIpc) is 3.26. The van der Waals surface area contributed by atoms with Gasteiger partial charge in [0.25, 0.3) is 0 Å². The molecule has 1 saturated heterocycles. The first kappa shape index (κ1) is 19.0. The molecule has 3 N–H and O–H groups in total. The van der Waals surface area contributed by atoms with Crippen molar-refractivity contribution in [1.82, 2.24) is 10.2 Å². The van der Waals surface area contributed by atoms with E-state index in [1.54, 1.807) is 0 Å². The van der Waals surface area contributed by atoms with Crippen molar-refractivity contribution in [2.24, 2.45) is 23.0 Å². The topological polar surface area (TPSA) is 102 Å². The second-order valence-electron chi connectivity index (χ2n) is 9.15. The highest BCUT2D eigenvalue weighted by Gasteiger charge is 2.44. The molecule has 7 heteroatoms. The number of carbonyl (C=O) groups is 3. The third-order valence-electron chi connectivity index (χ3n) is 6.17. The number of amides is 3. The van der Waals surface area contributed by atoms with E-state index in [4.69, 9.17) is 10.5 Å². The number of hydrogen-bond donors (Lipinski definition) is 2. The molecule has 3 rings (SSSR count). The molecule has 2 bridgehead atoms. The molecule has 3 unspecified atom stereocenters. The fourth-order valence-corrected chi connectivity index (χ4v) is 4.76.